The zero-order valence-corrected chi connectivity index (χ0v) is 13.5. The summed E-state index contributed by atoms with van der Waals surface area (Å²) in [7, 11) is 1.86. The molecule has 1 aromatic heterocycles. The van der Waals surface area contributed by atoms with E-state index in [0.717, 1.165) is 22.9 Å². The Morgan fingerprint density at radius 3 is 2.62 bits per heavy atom. The van der Waals surface area contributed by atoms with Gasteiger partial charge in [0, 0.05) is 30.8 Å². The van der Waals surface area contributed by atoms with Crippen molar-refractivity contribution < 1.29 is 4.79 Å². The SMILES string of the molecule is Cc1nn(C)c(C)c1C(=O)NCCSCc1ccccc1. The fourth-order valence-electron chi connectivity index (χ4n) is 2.19. The topological polar surface area (TPSA) is 46.9 Å². The highest BCUT2D eigenvalue weighted by atomic mass is 32.2. The summed E-state index contributed by atoms with van der Waals surface area (Å²) in [6.07, 6.45) is 0. The van der Waals surface area contributed by atoms with Crippen molar-refractivity contribution in [1.82, 2.24) is 15.1 Å². The monoisotopic (exact) mass is 303 g/mol. The van der Waals surface area contributed by atoms with Crippen molar-refractivity contribution in [2.45, 2.75) is 19.6 Å². The Morgan fingerprint density at radius 2 is 2.00 bits per heavy atom. The fraction of sp³-hybridized carbons (Fsp3) is 0.375. The average Bonchev–Trinajstić information content (AvgIpc) is 2.73. The van der Waals surface area contributed by atoms with Crippen molar-refractivity contribution in [2.75, 3.05) is 12.3 Å². The van der Waals surface area contributed by atoms with Crippen LogP contribution in [0, 0.1) is 13.8 Å². The lowest BCUT2D eigenvalue weighted by atomic mass is 10.2. The summed E-state index contributed by atoms with van der Waals surface area (Å²) in [4.78, 5) is 12.2. The highest BCUT2D eigenvalue weighted by Gasteiger charge is 2.16. The molecule has 4 nitrogen and oxygen atoms in total. The minimum absolute atomic E-state index is 0.0292. The van der Waals surface area contributed by atoms with Crippen LogP contribution in [0.4, 0.5) is 0 Å². The maximum absolute atomic E-state index is 12.2. The summed E-state index contributed by atoms with van der Waals surface area (Å²) in [5, 5.41) is 7.23. The van der Waals surface area contributed by atoms with Gasteiger partial charge in [0.15, 0.2) is 0 Å². The van der Waals surface area contributed by atoms with Gasteiger partial charge in [-0.15, -0.1) is 0 Å². The molecule has 0 aliphatic rings. The second kappa shape index (κ2) is 7.31. The highest BCUT2D eigenvalue weighted by Crippen LogP contribution is 2.12. The molecule has 21 heavy (non-hydrogen) atoms. The first-order valence-electron chi connectivity index (χ1n) is 6.99. The standard InChI is InChI=1S/C16H21N3OS/c1-12-15(13(2)19(3)18-12)16(20)17-9-10-21-11-14-7-5-4-6-8-14/h4-8H,9-11H2,1-3H3,(H,17,20). The molecular formula is C16H21N3OS. The second-order valence-corrected chi connectivity index (χ2v) is 6.07. The Hall–Kier alpha value is -1.75. The van der Waals surface area contributed by atoms with Gasteiger partial charge < -0.3 is 5.32 Å². The Morgan fingerprint density at radius 1 is 1.29 bits per heavy atom. The molecule has 0 spiro atoms. The van der Waals surface area contributed by atoms with Gasteiger partial charge in [-0.05, 0) is 19.4 Å². The van der Waals surface area contributed by atoms with Gasteiger partial charge in [0.2, 0.25) is 0 Å². The smallest absolute Gasteiger partial charge is 0.255 e. The van der Waals surface area contributed by atoms with Gasteiger partial charge in [-0.2, -0.15) is 16.9 Å². The lowest BCUT2D eigenvalue weighted by Crippen LogP contribution is -2.26. The van der Waals surface area contributed by atoms with Crippen LogP contribution in [0.1, 0.15) is 27.3 Å². The zero-order chi connectivity index (χ0) is 15.2. The number of thioether (sulfide) groups is 1. The molecule has 0 saturated carbocycles. The lowest BCUT2D eigenvalue weighted by Gasteiger charge is -2.06. The molecule has 2 aromatic rings. The predicted molar refractivity (Wildman–Crippen MR) is 87.6 cm³/mol. The van der Waals surface area contributed by atoms with Crippen LogP contribution in [0.5, 0.6) is 0 Å². The van der Waals surface area contributed by atoms with Crippen LogP contribution >= 0.6 is 11.8 Å². The van der Waals surface area contributed by atoms with Crippen molar-refractivity contribution >= 4 is 17.7 Å². The van der Waals surface area contributed by atoms with Gasteiger partial charge in [0.05, 0.1) is 11.3 Å². The Bertz CT molecular complexity index is 607. The number of benzene rings is 1. The Labute approximate surface area is 129 Å². The van der Waals surface area contributed by atoms with E-state index in [1.807, 2.05) is 50.9 Å². The van der Waals surface area contributed by atoms with E-state index in [9.17, 15) is 4.79 Å². The highest BCUT2D eigenvalue weighted by molar-refractivity contribution is 7.98. The summed E-state index contributed by atoms with van der Waals surface area (Å²) in [5.74, 6) is 1.85. The summed E-state index contributed by atoms with van der Waals surface area (Å²) < 4.78 is 1.74. The van der Waals surface area contributed by atoms with Crippen LogP contribution < -0.4 is 5.32 Å². The Balaban J connectivity index is 1.75. The molecule has 1 aromatic carbocycles. The number of hydrogen-bond acceptors (Lipinski definition) is 3. The second-order valence-electron chi connectivity index (χ2n) is 4.96. The van der Waals surface area contributed by atoms with Gasteiger partial charge in [0.1, 0.15) is 0 Å². The van der Waals surface area contributed by atoms with Crippen LogP contribution in [-0.2, 0) is 12.8 Å². The molecule has 0 aliphatic heterocycles. The zero-order valence-electron chi connectivity index (χ0n) is 12.7. The number of rotatable bonds is 6. The number of carbonyl (C=O) groups is 1. The van der Waals surface area contributed by atoms with Crippen molar-refractivity contribution in [3.63, 3.8) is 0 Å². The van der Waals surface area contributed by atoms with Gasteiger partial charge in [0.25, 0.3) is 5.91 Å². The average molecular weight is 303 g/mol. The molecule has 0 fully saturated rings. The molecule has 112 valence electrons. The van der Waals surface area contributed by atoms with Gasteiger partial charge in [-0.3, -0.25) is 9.48 Å². The van der Waals surface area contributed by atoms with Crippen LogP contribution in [0.25, 0.3) is 0 Å². The van der Waals surface area contributed by atoms with Gasteiger partial charge >= 0.3 is 0 Å². The molecular weight excluding hydrogens is 282 g/mol. The summed E-state index contributed by atoms with van der Waals surface area (Å²) in [6.45, 7) is 4.45. The molecule has 0 saturated heterocycles. The predicted octanol–water partition coefficient (Wildman–Crippen LogP) is 2.70. The summed E-state index contributed by atoms with van der Waals surface area (Å²) in [6, 6.07) is 10.4. The minimum Gasteiger partial charge on any atom is -0.351 e. The number of nitrogens with zero attached hydrogens (tertiary/aromatic N) is 2. The van der Waals surface area contributed by atoms with E-state index in [0.29, 0.717) is 12.1 Å². The first-order chi connectivity index (χ1) is 10.1. The molecule has 1 heterocycles. The van der Waals surface area contributed by atoms with E-state index in [4.69, 9.17) is 0 Å². The molecule has 2 rings (SSSR count). The van der Waals surface area contributed by atoms with E-state index < -0.39 is 0 Å². The maximum Gasteiger partial charge on any atom is 0.255 e. The van der Waals surface area contributed by atoms with E-state index in [2.05, 4.69) is 22.5 Å². The lowest BCUT2D eigenvalue weighted by molar-refractivity contribution is 0.0955. The Kier molecular flexibility index (Phi) is 5.44. The number of hydrogen-bond donors (Lipinski definition) is 1. The van der Waals surface area contributed by atoms with Crippen LogP contribution in [0.2, 0.25) is 0 Å². The summed E-state index contributed by atoms with van der Waals surface area (Å²) >= 11 is 1.82. The van der Waals surface area contributed by atoms with E-state index >= 15 is 0 Å². The number of aromatic nitrogens is 2. The van der Waals surface area contributed by atoms with E-state index in [1.165, 1.54) is 5.56 Å². The number of carbonyl (C=O) groups excluding carboxylic acids is 1. The normalized spacial score (nSPS) is 10.6. The number of nitrogens with one attached hydrogen (secondary N) is 1. The molecule has 0 atom stereocenters. The molecule has 0 bridgehead atoms. The molecule has 0 unspecified atom stereocenters. The van der Waals surface area contributed by atoms with Gasteiger partial charge in [-0.25, -0.2) is 0 Å². The first-order valence-corrected chi connectivity index (χ1v) is 8.15. The number of amides is 1. The third-order valence-corrected chi connectivity index (χ3v) is 4.41. The van der Waals surface area contributed by atoms with Crippen molar-refractivity contribution in [2.24, 2.45) is 7.05 Å². The third kappa shape index (κ3) is 4.11. The van der Waals surface area contributed by atoms with E-state index in [-0.39, 0.29) is 5.91 Å². The molecule has 1 amide bonds. The first kappa shape index (κ1) is 15.6. The quantitative estimate of drug-likeness (QED) is 0.835. The maximum atomic E-state index is 12.2. The third-order valence-electron chi connectivity index (χ3n) is 3.38. The van der Waals surface area contributed by atoms with Crippen molar-refractivity contribution in [3.8, 4) is 0 Å². The van der Waals surface area contributed by atoms with Crippen molar-refractivity contribution in [3.05, 3.63) is 52.8 Å². The van der Waals surface area contributed by atoms with Crippen LogP contribution in [0.15, 0.2) is 30.3 Å². The molecule has 0 aliphatic carbocycles. The minimum atomic E-state index is -0.0292. The van der Waals surface area contributed by atoms with E-state index in [1.54, 1.807) is 4.68 Å². The molecule has 5 heteroatoms. The molecule has 0 radical (unpaired) electrons. The largest absolute Gasteiger partial charge is 0.351 e. The fourth-order valence-corrected chi connectivity index (χ4v) is 3.01. The van der Waals surface area contributed by atoms with Crippen molar-refractivity contribution in [1.29, 1.82) is 0 Å². The number of aryl methyl sites for hydroxylation is 2. The van der Waals surface area contributed by atoms with Crippen LogP contribution in [0.3, 0.4) is 0 Å². The van der Waals surface area contributed by atoms with Gasteiger partial charge in [-0.1, -0.05) is 30.3 Å². The van der Waals surface area contributed by atoms with Crippen LogP contribution in [-0.4, -0.2) is 28.0 Å². The molecule has 1 N–H and O–H groups in total. The summed E-state index contributed by atoms with van der Waals surface area (Å²) in [5.41, 5.74) is 3.70.